The van der Waals surface area contributed by atoms with Crippen molar-refractivity contribution in [3.63, 3.8) is 0 Å². The van der Waals surface area contributed by atoms with Crippen molar-refractivity contribution in [1.29, 1.82) is 0 Å². The monoisotopic (exact) mass is 433 g/mol. The summed E-state index contributed by atoms with van der Waals surface area (Å²) in [6, 6.07) is 3.67. The molecule has 170 valence electrons. The van der Waals surface area contributed by atoms with Crippen molar-refractivity contribution >= 4 is 11.6 Å². The van der Waals surface area contributed by atoms with E-state index in [1.165, 1.54) is 18.2 Å². The van der Waals surface area contributed by atoms with Crippen LogP contribution in [-0.4, -0.2) is 67.0 Å². The molecule has 0 aliphatic carbocycles. The van der Waals surface area contributed by atoms with Gasteiger partial charge in [-0.3, -0.25) is 9.67 Å². The molecule has 0 amide bonds. The Hall–Kier alpha value is -2.68. The van der Waals surface area contributed by atoms with Crippen LogP contribution in [0, 0.1) is 11.6 Å². The molecule has 9 heteroatoms. The molecule has 2 aromatic rings. The standard InChI is InChI=1S/C22H33F2N7/c1-5-25-22(26-13-20(29(2)3)21-18(23)9-6-10-19(21)24)28-16-8-7-11-31(14-16)17-12-27-30(4)15-17/h6,9-10,12,15-16,20H,5,7-8,11,13-14H2,1-4H3,(H2,25,26,28). The van der Waals surface area contributed by atoms with Crippen molar-refractivity contribution < 1.29 is 8.78 Å². The summed E-state index contributed by atoms with van der Waals surface area (Å²) in [4.78, 5) is 8.78. The highest BCUT2D eigenvalue weighted by Crippen LogP contribution is 2.25. The molecule has 0 spiro atoms. The van der Waals surface area contributed by atoms with E-state index in [9.17, 15) is 8.78 Å². The summed E-state index contributed by atoms with van der Waals surface area (Å²) in [7, 11) is 5.53. The Labute approximate surface area is 183 Å². The van der Waals surface area contributed by atoms with Gasteiger partial charge >= 0.3 is 0 Å². The number of hydrogen-bond acceptors (Lipinski definition) is 4. The van der Waals surface area contributed by atoms with E-state index in [-0.39, 0.29) is 18.2 Å². The third-order valence-electron chi connectivity index (χ3n) is 5.54. The molecule has 7 nitrogen and oxygen atoms in total. The maximum atomic E-state index is 14.4. The number of benzene rings is 1. The summed E-state index contributed by atoms with van der Waals surface area (Å²) < 4.78 is 30.5. The Morgan fingerprint density at radius 1 is 1.32 bits per heavy atom. The van der Waals surface area contributed by atoms with Crippen LogP contribution in [0.25, 0.3) is 0 Å². The predicted molar refractivity (Wildman–Crippen MR) is 120 cm³/mol. The van der Waals surface area contributed by atoms with Crippen LogP contribution < -0.4 is 15.5 Å². The molecule has 0 saturated carbocycles. The highest BCUT2D eigenvalue weighted by molar-refractivity contribution is 5.80. The average molecular weight is 434 g/mol. The first-order valence-electron chi connectivity index (χ1n) is 10.8. The molecule has 1 aromatic carbocycles. The molecule has 3 rings (SSSR count). The third-order valence-corrected chi connectivity index (χ3v) is 5.54. The number of hydrogen-bond donors (Lipinski definition) is 2. The molecule has 0 radical (unpaired) electrons. The van der Waals surface area contributed by atoms with Crippen LogP contribution in [0.15, 0.2) is 35.6 Å². The third kappa shape index (κ3) is 5.94. The Kier molecular flexibility index (Phi) is 7.84. The highest BCUT2D eigenvalue weighted by Gasteiger charge is 2.24. The van der Waals surface area contributed by atoms with Crippen molar-refractivity contribution in [2.24, 2.45) is 12.0 Å². The largest absolute Gasteiger partial charge is 0.367 e. The van der Waals surface area contributed by atoms with Gasteiger partial charge in [0.1, 0.15) is 11.6 Å². The highest BCUT2D eigenvalue weighted by atomic mass is 19.1. The number of aryl methyl sites for hydroxylation is 1. The molecule has 1 aliphatic heterocycles. The van der Waals surface area contributed by atoms with E-state index < -0.39 is 17.7 Å². The Bertz CT molecular complexity index is 860. The van der Waals surface area contributed by atoms with Crippen molar-refractivity contribution in [2.75, 3.05) is 45.2 Å². The number of piperidine rings is 1. The van der Waals surface area contributed by atoms with Gasteiger partial charge in [0, 0.05) is 44.5 Å². The van der Waals surface area contributed by atoms with E-state index >= 15 is 0 Å². The smallest absolute Gasteiger partial charge is 0.191 e. The summed E-state index contributed by atoms with van der Waals surface area (Å²) in [5, 5.41) is 11.0. The Morgan fingerprint density at radius 3 is 2.68 bits per heavy atom. The molecule has 0 bridgehead atoms. The minimum Gasteiger partial charge on any atom is -0.367 e. The molecular weight excluding hydrogens is 400 g/mol. The van der Waals surface area contributed by atoms with Gasteiger partial charge in [-0.2, -0.15) is 5.10 Å². The molecule has 2 N–H and O–H groups in total. The second-order valence-electron chi connectivity index (χ2n) is 8.14. The van der Waals surface area contributed by atoms with Gasteiger partial charge in [-0.1, -0.05) is 6.07 Å². The first kappa shape index (κ1) is 23.0. The fraction of sp³-hybridized carbons (Fsp3) is 0.545. The Balaban J connectivity index is 1.71. The number of aromatic nitrogens is 2. The lowest BCUT2D eigenvalue weighted by Gasteiger charge is -2.34. The van der Waals surface area contributed by atoms with Crippen LogP contribution in [0.3, 0.4) is 0 Å². The zero-order valence-electron chi connectivity index (χ0n) is 18.8. The minimum atomic E-state index is -0.550. The van der Waals surface area contributed by atoms with Crippen molar-refractivity contribution in [1.82, 2.24) is 25.3 Å². The summed E-state index contributed by atoms with van der Waals surface area (Å²) in [5.74, 6) is -0.443. The van der Waals surface area contributed by atoms with Crippen molar-refractivity contribution in [2.45, 2.75) is 31.8 Å². The SMILES string of the molecule is CCNC(=NCC(c1c(F)cccc1F)N(C)C)NC1CCCN(c2cnn(C)c2)C1. The molecule has 1 aliphatic rings. The predicted octanol–water partition coefficient (Wildman–Crippen LogP) is 2.53. The van der Waals surface area contributed by atoms with Gasteiger partial charge in [0.05, 0.1) is 24.5 Å². The van der Waals surface area contributed by atoms with Crippen LogP contribution in [-0.2, 0) is 7.05 Å². The van der Waals surface area contributed by atoms with Crippen LogP contribution in [0.4, 0.5) is 14.5 Å². The van der Waals surface area contributed by atoms with Gasteiger partial charge < -0.3 is 20.4 Å². The number of rotatable bonds is 7. The zero-order valence-corrected chi connectivity index (χ0v) is 18.8. The van der Waals surface area contributed by atoms with Gasteiger partial charge in [-0.15, -0.1) is 0 Å². The fourth-order valence-electron chi connectivity index (χ4n) is 3.93. The second-order valence-corrected chi connectivity index (χ2v) is 8.14. The quantitative estimate of drug-likeness (QED) is 0.519. The first-order valence-corrected chi connectivity index (χ1v) is 10.8. The van der Waals surface area contributed by atoms with Crippen molar-refractivity contribution in [3.05, 3.63) is 47.8 Å². The number of halogens is 2. The van der Waals surface area contributed by atoms with E-state index in [0.29, 0.717) is 12.5 Å². The summed E-state index contributed by atoms with van der Waals surface area (Å²) >= 11 is 0. The van der Waals surface area contributed by atoms with E-state index in [1.807, 2.05) is 26.4 Å². The molecule has 1 fully saturated rings. The molecule has 1 saturated heterocycles. The lowest BCUT2D eigenvalue weighted by molar-refractivity contribution is 0.290. The molecule has 31 heavy (non-hydrogen) atoms. The second kappa shape index (κ2) is 10.6. The van der Waals surface area contributed by atoms with Gasteiger partial charge in [0.15, 0.2) is 5.96 Å². The zero-order chi connectivity index (χ0) is 22.4. The van der Waals surface area contributed by atoms with E-state index in [2.05, 4.69) is 25.6 Å². The number of nitrogens with zero attached hydrogens (tertiary/aromatic N) is 5. The summed E-state index contributed by atoms with van der Waals surface area (Å²) in [6.45, 7) is 4.77. The number of guanidine groups is 1. The molecular formula is C22H33F2N7. The van der Waals surface area contributed by atoms with Crippen LogP contribution in [0.5, 0.6) is 0 Å². The minimum absolute atomic E-state index is 0.0486. The Morgan fingerprint density at radius 2 is 2.06 bits per heavy atom. The first-order chi connectivity index (χ1) is 14.9. The lowest BCUT2D eigenvalue weighted by Crippen LogP contribution is -2.51. The summed E-state index contributed by atoms with van der Waals surface area (Å²) in [6.07, 6.45) is 5.99. The number of likely N-dealkylation sites (N-methyl/N-ethyl adjacent to an activating group) is 1. The maximum absolute atomic E-state index is 14.4. The average Bonchev–Trinajstić information content (AvgIpc) is 3.16. The molecule has 1 aromatic heterocycles. The normalized spacial score (nSPS) is 18.4. The van der Waals surface area contributed by atoms with Gasteiger partial charge in [0.2, 0.25) is 0 Å². The van der Waals surface area contributed by atoms with Crippen LogP contribution in [0.2, 0.25) is 0 Å². The van der Waals surface area contributed by atoms with Gasteiger partial charge in [-0.05, 0) is 46.0 Å². The van der Waals surface area contributed by atoms with Gasteiger partial charge in [0.25, 0.3) is 0 Å². The van der Waals surface area contributed by atoms with Crippen LogP contribution >= 0.6 is 0 Å². The lowest BCUT2D eigenvalue weighted by atomic mass is 10.0. The van der Waals surface area contributed by atoms with Crippen LogP contribution in [0.1, 0.15) is 31.4 Å². The molecule has 2 unspecified atom stereocenters. The topological polar surface area (TPSA) is 60.7 Å². The number of anilines is 1. The van der Waals surface area contributed by atoms with Gasteiger partial charge in [-0.25, -0.2) is 8.78 Å². The molecule has 2 heterocycles. The maximum Gasteiger partial charge on any atom is 0.191 e. The van der Waals surface area contributed by atoms with Crippen molar-refractivity contribution in [3.8, 4) is 0 Å². The number of aliphatic imine (C=N–C) groups is 1. The fourth-order valence-corrected chi connectivity index (χ4v) is 3.93. The van der Waals surface area contributed by atoms with E-state index in [1.54, 1.807) is 23.7 Å². The number of nitrogens with one attached hydrogen (secondary N) is 2. The van der Waals surface area contributed by atoms with E-state index in [0.717, 1.165) is 31.6 Å². The van der Waals surface area contributed by atoms with E-state index in [4.69, 9.17) is 0 Å². The summed E-state index contributed by atoms with van der Waals surface area (Å²) in [5.41, 5.74) is 1.16. The molecule has 2 atom stereocenters.